The van der Waals surface area contributed by atoms with Crippen LogP contribution in [0.2, 0.25) is 0 Å². The number of para-hydroxylation sites is 1. The molecule has 1 heterocycles. The number of rotatable bonds is 3. The molecule has 2 N–H and O–H groups in total. The third-order valence-electron chi connectivity index (χ3n) is 2.82. The van der Waals surface area contributed by atoms with Crippen LogP contribution in [0.1, 0.15) is 41.7 Å². The van der Waals surface area contributed by atoms with Gasteiger partial charge < -0.3 is 10.6 Å². The normalized spacial score (nSPS) is 11.0. The van der Waals surface area contributed by atoms with E-state index in [0.717, 1.165) is 0 Å². The summed E-state index contributed by atoms with van der Waals surface area (Å²) < 4.78 is 13.6. The molecule has 0 saturated heterocycles. The summed E-state index contributed by atoms with van der Waals surface area (Å²) in [5.74, 6) is -1.50. The summed E-state index contributed by atoms with van der Waals surface area (Å²) in [5, 5.41) is 5.20. The number of halogens is 1. The fourth-order valence-electron chi connectivity index (χ4n) is 1.84. The number of amides is 2. The molecule has 6 heteroatoms. The van der Waals surface area contributed by atoms with E-state index in [0.29, 0.717) is 0 Å². The van der Waals surface area contributed by atoms with Crippen LogP contribution in [0.5, 0.6) is 0 Å². The van der Waals surface area contributed by atoms with Gasteiger partial charge >= 0.3 is 0 Å². The first-order chi connectivity index (χ1) is 10.8. The van der Waals surface area contributed by atoms with Gasteiger partial charge in [0, 0.05) is 5.54 Å². The van der Waals surface area contributed by atoms with Crippen molar-refractivity contribution in [3.05, 3.63) is 59.7 Å². The van der Waals surface area contributed by atoms with E-state index in [1.165, 1.54) is 30.3 Å². The Morgan fingerprint density at radius 1 is 0.957 bits per heavy atom. The SMILES string of the molecule is CC(C)(C)NC(=O)c1cccc(C(=O)Nc2ccccc2F)n1. The molecule has 1 aromatic heterocycles. The minimum atomic E-state index is -0.583. The van der Waals surface area contributed by atoms with Gasteiger partial charge in [-0.2, -0.15) is 0 Å². The number of carbonyl (C=O) groups is 2. The molecule has 0 aliphatic rings. The number of pyridine rings is 1. The van der Waals surface area contributed by atoms with Crippen molar-refractivity contribution in [2.45, 2.75) is 26.3 Å². The molecule has 23 heavy (non-hydrogen) atoms. The van der Waals surface area contributed by atoms with Crippen molar-refractivity contribution in [1.29, 1.82) is 0 Å². The van der Waals surface area contributed by atoms with E-state index in [1.54, 1.807) is 12.1 Å². The van der Waals surface area contributed by atoms with E-state index in [-0.39, 0.29) is 23.0 Å². The third kappa shape index (κ3) is 4.60. The largest absolute Gasteiger partial charge is 0.346 e. The zero-order valence-electron chi connectivity index (χ0n) is 13.2. The molecule has 0 unspecified atom stereocenters. The lowest BCUT2D eigenvalue weighted by atomic mass is 10.1. The lowest BCUT2D eigenvalue weighted by Gasteiger charge is -2.20. The molecule has 0 aliphatic heterocycles. The summed E-state index contributed by atoms with van der Waals surface area (Å²) in [6.07, 6.45) is 0. The number of anilines is 1. The van der Waals surface area contributed by atoms with Gasteiger partial charge in [-0.05, 0) is 45.0 Å². The molecule has 2 amide bonds. The van der Waals surface area contributed by atoms with Crippen molar-refractivity contribution in [1.82, 2.24) is 10.3 Å². The van der Waals surface area contributed by atoms with Gasteiger partial charge in [0.1, 0.15) is 17.2 Å². The Labute approximate surface area is 133 Å². The molecule has 0 atom stereocenters. The van der Waals surface area contributed by atoms with E-state index < -0.39 is 17.3 Å². The molecular weight excluding hydrogens is 297 g/mol. The smallest absolute Gasteiger partial charge is 0.274 e. The lowest BCUT2D eigenvalue weighted by molar-refractivity contribution is 0.0914. The monoisotopic (exact) mass is 315 g/mol. The van der Waals surface area contributed by atoms with Gasteiger partial charge in [-0.25, -0.2) is 9.37 Å². The summed E-state index contributed by atoms with van der Waals surface area (Å²) in [6.45, 7) is 5.54. The van der Waals surface area contributed by atoms with Crippen molar-refractivity contribution in [3.8, 4) is 0 Å². The Kier molecular flexibility index (Phi) is 4.74. The van der Waals surface area contributed by atoms with Crippen molar-refractivity contribution in [3.63, 3.8) is 0 Å². The first-order valence-corrected chi connectivity index (χ1v) is 7.12. The van der Waals surface area contributed by atoms with Gasteiger partial charge in [0.05, 0.1) is 5.69 Å². The number of hydrogen-bond donors (Lipinski definition) is 2. The Morgan fingerprint density at radius 2 is 1.57 bits per heavy atom. The van der Waals surface area contributed by atoms with Crippen LogP contribution < -0.4 is 10.6 Å². The van der Waals surface area contributed by atoms with E-state index >= 15 is 0 Å². The highest BCUT2D eigenvalue weighted by Crippen LogP contribution is 2.13. The topological polar surface area (TPSA) is 71.1 Å². The van der Waals surface area contributed by atoms with Gasteiger partial charge in [0.2, 0.25) is 0 Å². The van der Waals surface area contributed by atoms with Crippen molar-refractivity contribution >= 4 is 17.5 Å². The van der Waals surface area contributed by atoms with Gasteiger partial charge in [0.25, 0.3) is 11.8 Å². The van der Waals surface area contributed by atoms with Gasteiger partial charge in [-0.15, -0.1) is 0 Å². The highest BCUT2D eigenvalue weighted by molar-refractivity contribution is 6.03. The maximum Gasteiger partial charge on any atom is 0.274 e. The summed E-state index contributed by atoms with van der Waals surface area (Å²) in [5.41, 5.74) is -0.190. The number of nitrogens with one attached hydrogen (secondary N) is 2. The lowest BCUT2D eigenvalue weighted by Crippen LogP contribution is -2.41. The Morgan fingerprint density at radius 3 is 2.17 bits per heavy atom. The fraction of sp³-hybridized carbons (Fsp3) is 0.235. The summed E-state index contributed by atoms with van der Waals surface area (Å²) in [7, 11) is 0. The standard InChI is InChI=1S/C17H18FN3O2/c1-17(2,3)21-16(23)14-10-6-9-13(19-14)15(22)20-12-8-5-4-7-11(12)18/h4-10H,1-3H3,(H,20,22)(H,21,23). The summed E-state index contributed by atoms with van der Waals surface area (Å²) in [6, 6.07) is 10.4. The highest BCUT2D eigenvalue weighted by atomic mass is 19.1. The van der Waals surface area contributed by atoms with Gasteiger partial charge in [0.15, 0.2) is 0 Å². The predicted octanol–water partition coefficient (Wildman–Crippen LogP) is 3.00. The average Bonchev–Trinajstić information content (AvgIpc) is 2.48. The summed E-state index contributed by atoms with van der Waals surface area (Å²) in [4.78, 5) is 28.3. The number of carbonyl (C=O) groups excluding carboxylic acids is 2. The molecule has 0 radical (unpaired) electrons. The van der Waals surface area contributed by atoms with E-state index in [2.05, 4.69) is 15.6 Å². The third-order valence-corrected chi connectivity index (χ3v) is 2.82. The molecule has 1 aromatic carbocycles. The molecule has 120 valence electrons. The van der Waals surface area contributed by atoms with E-state index in [9.17, 15) is 14.0 Å². The Balaban J connectivity index is 2.18. The van der Waals surface area contributed by atoms with Crippen molar-refractivity contribution in [2.24, 2.45) is 0 Å². The molecule has 2 aromatic rings. The number of nitrogens with zero attached hydrogens (tertiary/aromatic N) is 1. The molecule has 0 saturated carbocycles. The van der Waals surface area contributed by atoms with Crippen LogP contribution in [0.3, 0.4) is 0 Å². The second-order valence-corrected chi connectivity index (χ2v) is 6.05. The molecule has 5 nitrogen and oxygen atoms in total. The zero-order chi connectivity index (χ0) is 17.0. The average molecular weight is 315 g/mol. The van der Waals surface area contributed by atoms with E-state index in [1.807, 2.05) is 20.8 Å². The molecular formula is C17H18FN3O2. The quantitative estimate of drug-likeness (QED) is 0.914. The van der Waals surface area contributed by atoms with Gasteiger partial charge in [-0.3, -0.25) is 9.59 Å². The fourth-order valence-corrected chi connectivity index (χ4v) is 1.84. The molecule has 0 bridgehead atoms. The van der Waals surface area contributed by atoms with Crippen molar-refractivity contribution in [2.75, 3.05) is 5.32 Å². The summed E-state index contributed by atoms with van der Waals surface area (Å²) >= 11 is 0. The maximum absolute atomic E-state index is 13.6. The molecule has 0 spiro atoms. The molecule has 0 fully saturated rings. The Bertz CT molecular complexity index is 739. The maximum atomic E-state index is 13.6. The minimum Gasteiger partial charge on any atom is -0.346 e. The van der Waals surface area contributed by atoms with Crippen LogP contribution in [0.25, 0.3) is 0 Å². The minimum absolute atomic E-state index is 0.0369. The first kappa shape index (κ1) is 16.6. The molecule has 0 aliphatic carbocycles. The van der Waals surface area contributed by atoms with Crippen LogP contribution in [-0.2, 0) is 0 Å². The number of aromatic nitrogens is 1. The molecule has 2 rings (SSSR count). The van der Waals surface area contributed by atoms with E-state index in [4.69, 9.17) is 0 Å². The van der Waals surface area contributed by atoms with Crippen molar-refractivity contribution < 1.29 is 14.0 Å². The highest BCUT2D eigenvalue weighted by Gasteiger charge is 2.18. The van der Waals surface area contributed by atoms with Gasteiger partial charge in [-0.1, -0.05) is 18.2 Å². The second-order valence-electron chi connectivity index (χ2n) is 6.05. The second kappa shape index (κ2) is 6.56. The van der Waals surface area contributed by atoms with Crippen LogP contribution in [0.4, 0.5) is 10.1 Å². The first-order valence-electron chi connectivity index (χ1n) is 7.12. The Hall–Kier alpha value is -2.76. The van der Waals surface area contributed by atoms with Crippen LogP contribution in [-0.4, -0.2) is 22.3 Å². The van der Waals surface area contributed by atoms with Crippen LogP contribution in [0.15, 0.2) is 42.5 Å². The zero-order valence-corrected chi connectivity index (χ0v) is 13.2. The number of benzene rings is 1. The van der Waals surface area contributed by atoms with Crippen LogP contribution in [0, 0.1) is 5.82 Å². The van der Waals surface area contributed by atoms with Crippen LogP contribution >= 0.6 is 0 Å². The number of hydrogen-bond acceptors (Lipinski definition) is 3. The predicted molar refractivity (Wildman–Crippen MR) is 85.8 cm³/mol.